The Hall–Kier alpha value is -1.59. The Bertz CT molecular complexity index is 392. The van der Waals surface area contributed by atoms with Crippen molar-refractivity contribution in [1.29, 1.82) is 0 Å². The van der Waals surface area contributed by atoms with Gasteiger partial charge in [-0.25, -0.2) is 4.79 Å². The van der Waals surface area contributed by atoms with Gasteiger partial charge in [-0.05, 0) is 18.6 Å². The maximum atomic E-state index is 11.6. The van der Waals surface area contributed by atoms with E-state index in [0.717, 1.165) is 0 Å². The lowest BCUT2D eigenvalue weighted by atomic mass is 10.0. The number of nitrogens with two attached hydrogens (primary N) is 1. The molecule has 0 amide bonds. The number of nitrogen functional groups attached to an aromatic ring is 1. The van der Waals surface area contributed by atoms with Crippen molar-refractivity contribution >= 4 is 11.7 Å². The molecule has 1 unspecified atom stereocenters. The molecule has 5 heteroatoms. The molecule has 0 spiro atoms. The number of aliphatic hydroxyl groups excluding tert-OH is 2. The molecule has 4 N–H and O–H groups in total. The third kappa shape index (κ3) is 3.44. The van der Waals surface area contributed by atoms with E-state index < -0.39 is 12.1 Å². The largest absolute Gasteiger partial charge is 0.462 e. The molecule has 0 aliphatic heterocycles. The molecule has 17 heavy (non-hydrogen) atoms. The zero-order chi connectivity index (χ0) is 12.8. The zero-order valence-corrected chi connectivity index (χ0v) is 9.72. The number of carbonyl (C=O) groups excluding carboxylic acids is 1. The van der Waals surface area contributed by atoms with Crippen molar-refractivity contribution in [3.8, 4) is 0 Å². The van der Waals surface area contributed by atoms with Gasteiger partial charge in [-0.1, -0.05) is 12.1 Å². The lowest BCUT2D eigenvalue weighted by molar-refractivity contribution is 0.0527. The second kappa shape index (κ2) is 6.22. The Morgan fingerprint density at radius 3 is 2.82 bits per heavy atom. The maximum Gasteiger partial charge on any atom is 0.340 e. The highest BCUT2D eigenvalue weighted by Gasteiger charge is 2.15. The lowest BCUT2D eigenvalue weighted by Gasteiger charge is -2.12. The average Bonchev–Trinajstić information content (AvgIpc) is 2.32. The SMILES string of the molecule is CCOC(=O)c1cccc(CC(O)CO)c1N. The molecule has 1 rings (SSSR count). The number of anilines is 1. The summed E-state index contributed by atoms with van der Waals surface area (Å²) in [7, 11) is 0. The summed E-state index contributed by atoms with van der Waals surface area (Å²) < 4.78 is 4.86. The molecule has 1 aromatic rings. The van der Waals surface area contributed by atoms with Gasteiger partial charge in [0.25, 0.3) is 0 Å². The van der Waals surface area contributed by atoms with Crippen LogP contribution in [0.1, 0.15) is 22.8 Å². The number of carbonyl (C=O) groups is 1. The molecule has 94 valence electrons. The van der Waals surface area contributed by atoms with E-state index in [0.29, 0.717) is 11.3 Å². The minimum absolute atomic E-state index is 0.204. The van der Waals surface area contributed by atoms with Crippen LogP contribution in [0.15, 0.2) is 18.2 Å². The first-order valence-electron chi connectivity index (χ1n) is 5.43. The van der Waals surface area contributed by atoms with E-state index in [-0.39, 0.29) is 25.2 Å². The molecular formula is C12H17NO4. The topological polar surface area (TPSA) is 92.8 Å². The molecule has 5 nitrogen and oxygen atoms in total. The normalized spacial score (nSPS) is 12.2. The number of aliphatic hydroxyl groups is 2. The van der Waals surface area contributed by atoms with Crippen LogP contribution in [0.5, 0.6) is 0 Å². The van der Waals surface area contributed by atoms with E-state index in [1.165, 1.54) is 0 Å². The van der Waals surface area contributed by atoms with E-state index in [1.54, 1.807) is 25.1 Å². The van der Waals surface area contributed by atoms with E-state index >= 15 is 0 Å². The Balaban J connectivity index is 2.94. The number of hydrogen-bond acceptors (Lipinski definition) is 5. The first-order valence-corrected chi connectivity index (χ1v) is 5.43. The van der Waals surface area contributed by atoms with Gasteiger partial charge in [-0.3, -0.25) is 0 Å². The predicted octanol–water partition coefficient (Wildman–Crippen LogP) is 0.341. The van der Waals surface area contributed by atoms with Gasteiger partial charge in [0.1, 0.15) is 0 Å². The highest BCUT2D eigenvalue weighted by Crippen LogP contribution is 2.20. The summed E-state index contributed by atoms with van der Waals surface area (Å²) in [5.74, 6) is -0.481. The number of hydrogen-bond donors (Lipinski definition) is 3. The molecule has 1 aromatic carbocycles. The van der Waals surface area contributed by atoms with E-state index in [4.69, 9.17) is 15.6 Å². The van der Waals surface area contributed by atoms with Crippen molar-refractivity contribution in [2.45, 2.75) is 19.4 Å². The molecule has 1 atom stereocenters. The molecule has 0 heterocycles. The molecular weight excluding hydrogens is 222 g/mol. The van der Waals surface area contributed by atoms with E-state index in [1.807, 2.05) is 0 Å². The highest BCUT2D eigenvalue weighted by atomic mass is 16.5. The van der Waals surface area contributed by atoms with Crippen LogP contribution >= 0.6 is 0 Å². The molecule has 0 saturated heterocycles. The van der Waals surface area contributed by atoms with Crippen LogP contribution in [-0.2, 0) is 11.2 Å². The fraction of sp³-hybridized carbons (Fsp3) is 0.417. The number of para-hydroxylation sites is 1. The molecule has 0 fully saturated rings. The molecule has 0 aliphatic rings. The van der Waals surface area contributed by atoms with Crippen molar-refractivity contribution in [3.05, 3.63) is 29.3 Å². The smallest absolute Gasteiger partial charge is 0.340 e. The lowest BCUT2D eigenvalue weighted by Crippen LogP contribution is -2.17. The zero-order valence-electron chi connectivity index (χ0n) is 9.72. The molecule has 0 aliphatic carbocycles. The Labute approximate surface area is 99.8 Å². The summed E-state index contributed by atoms with van der Waals surface area (Å²) in [6.07, 6.45) is -0.676. The van der Waals surface area contributed by atoms with Gasteiger partial charge in [-0.2, -0.15) is 0 Å². The van der Waals surface area contributed by atoms with Crippen molar-refractivity contribution in [2.24, 2.45) is 0 Å². The number of rotatable bonds is 5. The van der Waals surface area contributed by atoms with E-state index in [9.17, 15) is 9.90 Å². The number of ether oxygens (including phenoxy) is 1. The van der Waals surface area contributed by atoms with Crippen molar-refractivity contribution in [3.63, 3.8) is 0 Å². The fourth-order valence-corrected chi connectivity index (χ4v) is 1.50. The molecule has 0 bridgehead atoms. The molecule has 0 radical (unpaired) electrons. The summed E-state index contributed by atoms with van der Waals surface area (Å²) >= 11 is 0. The van der Waals surface area contributed by atoms with Gasteiger partial charge in [0.15, 0.2) is 0 Å². The monoisotopic (exact) mass is 239 g/mol. The molecule has 0 saturated carbocycles. The van der Waals surface area contributed by atoms with Crippen LogP contribution in [0.2, 0.25) is 0 Å². The van der Waals surface area contributed by atoms with Crippen molar-refractivity contribution in [1.82, 2.24) is 0 Å². The first-order chi connectivity index (χ1) is 8.10. The summed E-state index contributed by atoms with van der Waals surface area (Å²) in [6, 6.07) is 4.95. The Kier molecular flexibility index (Phi) is 4.93. The summed E-state index contributed by atoms with van der Waals surface area (Å²) in [5, 5.41) is 18.1. The van der Waals surface area contributed by atoms with Crippen molar-refractivity contribution < 1.29 is 19.7 Å². The number of benzene rings is 1. The highest BCUT2D eigenvalue weighted by molar-refractivity contribution is 5.95. The Morgan fingerprint density at radius 1 is 1.53 bits per heavy atom. The van der Waals surface area contributed by atoms with Crippen LogP contribution in [-0.4, -0.2) is 35.5 Å². The van der Waals surface area contributed by atoms with Gasteiger partial charge in [0.05, 0.1) is 24.9 Å². The predicted molar refractivity (Wildman–Crippen MR) is 63.6 cm³/mol. The molecule has 0 aromatic heterocycles. The van der Waals surface area contributed by atoms with Crippen molar-refractivity contribution in [2.75, 3.05) is 18.9 Å². The van der Waals surface area contributed by atoms with Gasteiger partial charge in [0, 0.05) is 12.1 Å². The third-order valence-corrected chi connectivity index (χ3v) is 2.36. The summed E-state index contributed by atoms with van der Waals surface area (Å²) in [4.78, 5) is 11.6. The Morgan fingerprint density at radius 2 is 2.24 bits per heavy atom. The van der Waals surface area contributed by atoms with Crippen LogP contribution in [0, 0.1) is 0 Å². The van der Waals surface area contributed by atoms with Crippen LogP contribution in [0.25, 0.3) is 0 Å². The standard InChI is InChI=1S/C12H17NO4/c1-2-17-12(16)10-5-3-4-8(11(10)13)6-9(15)7-14/h3-5,9,14-15H,2,6-7,13H2,1H3. The van der Waals surface area contributed by atoms with E-state index in [2.05, 4.69) is 0 Å². The first kappa shape index (κ1) is 13.5. The van der Waals surface area contributed by atoms with Gasteiger partial charge in [-0.15, -0.1) is 0 Å². The summed E-state index contributed by atoms with van der Waals surface area (Å²) in [5.41, 5.74) is 7.02. The van der Waals surface area contributed by atoms with Crippen LogP contribution in [0.4, 0.5) is 5.69 Å². The quantitative estimate of drug-likeness (QED) is 0.509. The van der Waals surface area contributed by atoms with Gasteiger partial charge >= 0.3 is 5.97 Å². The minimum Gasteiger partial charge on any atom is -0.462 e. The maximum absolute atomic E-state index is 11.6. The second-order valence-corrected chi connectivity index (χ2v) is 3.64. The van der Waals surface area contributed by atoms with Gasteiger partial charge in [0.2, 0.25) is 0 Å². The average molecular weight is 239 g/mol. The number of esters is 1. The fourth-order valence-electron chi connectivity index (χ4n) is 1.50. The second-order valence-electron chi connectivity index (χ2n) is 3.64. The minimum atomic E-state index is -0.880. The third-order valence-electron chi connectivity index (χ3n) is 2.36. The van der Waals surface area contributed by atoms with Crippen LogP contribution in [0.3, 0.4) is 0 Å². The van der Waals surface area contributed by atoms with Crippen LogP contribution < -0.4 is 5.73 Å². The summed E-state index contributed by atoms with van der Waals surface area (Å²) in [6.45, 7) is 1.65. The van der Waals surface area contributed by atoms with Gasteiger partial charge < -0.3 is 20.7 Å².